The highest BCUT2D eigenvalue weighted by Gasteiger charge is 2.09. The molecule has 0 aliphatic carbocycles. The average molecular weight is 531 g/mol. The van der Waals surface area contributed by atoms with Crippen LogP contribution in [0.1, 0.15) is 47.9 Å². The number of carbonyl (C=O) groups is 2. The Morgan fingerprint density at radius 2 is 0.725 bits per heavy atom. The topological polar surface area (TPSA) is 52.6 Å². The highest BCUT2D eigenvalue weighted by atomic mass is 16.6. The van der Waals surface area contributed by atoms with E-state index >= 15 is 0 Å². The van der Waals surface area contributed by atoms with Gasteiger partial charge in [-0.15, -0.1) is 0 Å². The van der Waals surface area contributed by atoms with E-state index in [9.17, 15) is 9.59 Å². The van der Waals surface area contributed by atoms with Crippen molar-refractivity contribution in [2.75, 3.05) is 13.2 Å². The van der Waals surface area contributed by atoms with Crippen molar-refractivity contribution in [2.24, 2.45) is 0 Å². The zero-order valence-corrected chi connectivity index (χ0v) is 22.6. The SMILES string of the molecule is O=C(CCC=C(c1ccccc1)c1ccccc1)OCCOC(=O)CCC=C(c1ccccc1)c1ccccc1. The first-order valence-electron chi connectivity index (χ1n) is 13.6. The third-order valence-corrected chi connectivity index (χ3v) is 6.34. The van der Waals surface area contributed by atoms with Crippen LogP contribution in [0.15, 0.2) is 133 Å². The van der Waals surface area contributed by atoms with Gasteiger partial charge in [0.1, 0.15) is 13.2 Å². The van der Waals surface area contributed by atoms with E-state index in [2.05, 4.69) is 60.7 Å². The van der Waals surface area contributed by atoms with Crippen molar-refractivity contribution in [1.29, 1.82) is 0 Å². The molecule has 0 saturated heterocycles. The van der Waals surface area contributed by atoms with E-state index in [-0.39, 0.29) is 38.0 Å². The Labute approximate surface area is 236 Å². The smallest absolute Gasteiger partial charge is 0.306 e. The van der Waals surface area contributed by atoms with Crippen molar-refractivity contribution >= 4 is 23.1 Å². The van der Waals surface area contributed by atoms with Gasteiger partial charge in [-0.3, -0.25) is 9.59 Å². The number of allylic oxidation sites excluding steroid dienone is 2. The summed E-state index contributed by atoms with van der Waals surface area (Å²) in [6.45, 7) is 0.0985. The van der Waals surface area contributed by atoms with Gasteiger partial charge >= 0.3 is 11.9 Å². The van der Waals surface area contributed by atoms with E-state index < -0.39 is 0 Å². The monoisotopic (exact) mass is 530 g/mol. The molecule has 4 aromatic rings. The summed E-state index contributed by atoms with van der Waals surface area (Å²) in [7, 11) is 0. The van der Waals surface area contributed by atoms with E-state index in [1.165, 1.54) is 0 Å². The number of hydrogen-bond donors (Lipinski definition) is 0. The Hall–Kier alpha value is -4.70. The summed E-state index contributed by atoms with van der Waals surface area (Å²) in [5.74, 6) is -0.628. The molecule has 0 unspecified atom stereocenters. The second-order valence-electron chi connectivity index (χ2n) is 9.22. The number of benzene rings is 4. The zero-order chi connectivity index (χ0) is 27.8. The van der Waals surface area contributed by atoms with E-state index in [0.29, 0.717) is 12.8 Å². The molecule has 0 aliphatic rings. The summed E-state index contributed by atoms with van der Waals surface area (Å²) < 4.78 is 10.6. The lowest BCUT2D eigenvalue weighted by molar-refractivity contribution is -0.152. The number of rotatable bonds is 13. The molecule has 4 aromatic carbocycles. The molecule has 0 bridgehead atoms. The number of ether oxygens (including phenoxy) is 2. The van der Waals surface area contributed by atoms with Crippen molar-refractivity contribution in [3.63, 3.8) is 0 Å². The lowest BCUT2D eigenvalue weighted by Gasteiger charge is -2.10. The summed E-state index contributed by atoms with van der Waals surface area (Å²) >= 11 is 0. The molecule has 4 nitrogen and oxygen atoms in total. The van der Waals surface area contributed by atoms with Gasteiger partial charge in [-0.1, -0.05) is 133 Å². The first-order valence-corrected chi connectivity index (χ1v) is 13.6. The van der Waals surface area contributed by atoms with Crippen LogP contribution in [0.4, 0.5) is 0 Å². The summed E-state index contributed by atoms with van der Waals surface area (Å²) in [6.07, 6.45) is 5.75. The number of esters is 2. The Balaban J connectivity index is 1.20. The van der Waals surface area contributed by atoms with Crippen molar-refractivity contribution < 1.29 is 19.1 Å². The normalized spacial score (nSPS) is 10.3. The van der Waals surface area contributed by atoms with Crippen LogP contribution in [0, 0.1) is 0 Å². The van der Waals surface area contributed by atoms with Gasteiger partial charge in [-0.2, -0.15) is 0 Å². The maximum Gasteiger partial charge on any atom is 0.306 e. The maximum absolute atomic E-state index is 12.3. The lowest BCUT2D eigenvalue weighted by atomic mass is 9.96. The van der Waals surface area contributed by atoms with Crippen LogP contribution in [0.5, 0.6) is 0 Å². The molecule has 0 saturated carbocycles. The van der Waals surface area contributed by atoms with Gasteiger partial charge < -0.3 is 9.47 Å². The molecule has 0 spiro atoms. The van der Waals surface area contributed by atoms with Crippen LogP contribution in [-0.4, -0.2) is 25.2 Å². The highest BCUT2D eigenvalue weighted by Crippen LogP contribution is 2.25. The molecule has 0 heterocycles. The quantitative estimate of drug-likeness (QED) is 0.130. The molecule has 4 rings (SSSR count). The van der Waals surface area contributed by atoms with E-state index in [1.54, 1.807) is 0 Å². The van der Waals surface area contributed by atoms with Crippen LogP contribution in [-0.2, 0) is 19.1 Å². The van der Waals surface area contributed by atoms with Crippen LogP contribution in [0.2, 0.25) is 0 Å². The second kappa shape index (κ2) is 15.6. The first-order chi connectivity index (χ1) is 19.7. The summed E-state index contributed by atoms with van der Waals surface area (Å²) in [5, 5.41) is 0. The minimum Gasteiger partial charge on any atom is -0.462 e. The molecule has 0 amide bonds. The highest BCUT2D eigenvalue weighted by molar-refractivity contribution is 5.81. The summed E-state index contributed by atoms with van der Waals surface area (Å²) in [6, 6.07) is 40.5. The Morgan fingerprint density at radius 1 is 0.450 bits per heavy atom. The van der Waals surface area contributed by atoms with E-state index in [4.69, 9.17) is 9.47 Å². The van der Waals surface area contributed by atoms with Crippen LogP contribution in [0.3, 0.4) is 0 Å². The van der Waals surface area contributed by atoms with E-state index in [0.717, 1.165) is 33.4 Å². The van der Waals surface area contributed by atoms with Crippen LogP contribution >= 0.6 is 0 Å². The molecule has 0 fully saturated rings. The number of carbonyl (C=O) groups excluding carboxylic acids is 2. The van der Waals surface area contributed by atoms with Crippen molar-refractivity contribution in [3.8, 4) is 0 Å². The molecule has 0 aliphatic heterocycles. The summed E-state index contributed by atoms with van der Waals surface area (Å²) in [4.78, 5) is 24.5. The van der Waals surface area contributed by atoms with Crippen LogP contribution in [0.25, 0.3) is 11.1 Å². The van der Waals surface area contributed by atoms with Crippen molar-refractivity contribution in [2.45, 2.75) is 25.7 Å². The predicted molar refractivity (Wildman–Crippen MR) is 160 cm³/mol. The largest absolute Gasteiger partial charge is 0.462 e. The molecule has 202 valence electrons. The molecule has 0 N–H and O–H groups in total. The molecule has 40 heavy (non-hydrogen) atoms. The molecule has 4 heteroatoms. The molecule has 0 aromatic heterocycles. The van der Waals surface area contributed by atoms with Gasteiger partial charge in [-0.05, 0) is 46.2 Å². The first kappa shape index (κ1) is 28.3. The fourth-order valence-corrected chi connectivity index (χ4v) is 4.40. The second-order valence-corrected chi connectivity index (χ2v) is 9.22. The minimum absolute atomic E-state index is 0.0492. The van der Waals surface area contributed by atoms with Gasteiger partial charge in [0, 0.05) is 12.8 Å². The van der Waals surface area contributed by atoms with Crippen LogP contribution < -0.4 is 0 Å². The minimum atomic E-state index is -0.314. The average Bonchev–Trinajstić information content (AvgIpc) is 3.01. The molecular formula is C36H34O4. The summed E-state index contributed by atoms with van der Waals surface area (Å²) in [5.41, 5.74) is 6.57. The molecular weight excluding hydrogens is 496 g/mol. The van der Waals surface area contributed by atoms with Gasteiger partial charge in [0.25, 0.3) is 0 Å². The third-order valence-electron chi connectivity index (χ3n) is 6.34. The number of hydrogen-bond acceptors (Lipinski definition) is 4. The third kappa shape index (κ3) is 8.95. The van der Waals surface area contributed by atoms with Gasteiger partial charge in [0.05, 0.1) is 0 Å². The predicted octanol–water partition coefficient (Wildman–Crippen LogP) is 7.90. The molecule has 0 radical (unpaired) electrons. The van der Waals surface area contributed by atoms with Gasteiger partial charge in [0.15, 0.2) is 0 Å². The van der Waals surface area contributed by atoms with Crippen molar-refractivity contribution in [3.05, 3.63) is 156 Å². The lowest BCUT2D eigenvalue weighted by Crippen LogP contribution is -2.13. The fraction of sp³-hybridized carbons (Fsp3) is 0.167. The fourth-order valence-electron chi connectivity index (χ4n) is 4.40. The Kier molecular flexibility index (Phi) is 11.1. The van der Waals surface area contributed by atoms with Crippen molar-refractivity contribution in [1.82, 2.24) is 0 Å². The van der Waals surface area contributed by atoms with Gasteiger partial charge in [0.2, 0.25) is 0 Å². The van der Waals surface area contributed by atoms with Gasteiger partial charge in [-0.25, -0.2) is 0 Å². The Morgan fingerprint density at radius 3 is 1.00 bits per heavy atom. The van der Waals surface area contributed by atoms with E-state index in [1.807, 2.05) is 72.8 Å². The zero-order valence-electron chi connectivity index (χ0n) is 22.6. The maximum atomic E-state index is 12.3. The molecule has 0 atom stereocenters. The standard InChI is InChI=1S/C36H34O4/c37-35(25-13-23-33(29-15-5-1-6-16-29)30-17-7-2-8-18-30)39-27-28-40-36(38)26-14-24-34(31-19-9-3-10-20-31)32-21-11-4-12-22-32/h1-12,15-24H,13-14,25-28H2. The Bertz CT molecular complexity index is 1200.